The van der Waals surface area contributed by atoms with Gasteiger partial charge in [-0.1, -0.05) is 30.3 Å². The SMILES string of the molecule is C[C@@]1(c2ccccc2)OC(C(=O)O)=CC1=O. The fourth-order valence-corrected chi connectivity index (χ4v) is 1.62. The molecule has 1 aliphatic rings. The lowest BCUT2D eigenvalue weighted by atomic mass is 9.92. The summed E-state index contributed by atoms with van der Waals surface area (Å²) in [6.07, 6.45) is 1.02. The second-order valence-corrected chi connectivity index (χ2v) is 3.68. The van der Waals surface area contributed by atoms with Gasteiger partial charge in [-0.05, 0) is 6.92 Å². The van der Waals surface area contributed by atoms with Crippen LogP contribution in [0.25, 0.3) is 0 Å². The summed E-state index contributed by atoms with van der Waals surface area (Å²) >= 11 is 0. The van der Waals surface area contributed by atoms with E-state index < -0.39 is 11.6 Å². The Labute approximate surface area is 92.2 Å². The fraction of sp³-hybridized carbons (Fsp3) is 0.167. The van der Waals surface area contributed by atoms with Crippen LogP contribution in [-0.2, 0) is 19.9 Å². The highest BCUT2D eigenvalue weighted by Crippen LogP contribution is 2.34. The molecule has 0 radical (unpaired) electrons. The van der Waals surface area contributed by atoms with Crippen LogP contribution >= 0.6 is 0 Å². The maximum atomic E-state index is 11.7. The number of rotatable bonds is 2. The molecule has 16 heavy (non-hydrogen) atoms. The van der Waals surface area contributed by atoms with Gasteiger partial charge in [0.05, 0.1) is 0 Å². The molecule has 0 aromatic heterocycles. The molecule has 0 saturated carbocycles. The summed E-state index contributed by atoms with van der Waals surface area (Å²) in [5, 5.41) is 8.76. The highest BCUT2D eigenvalue weighted by Gasteiger charge is 2.43. The highest BCUT2D eigenvalue weighted by molar-refractivity contribution is 6.05. The Hall–Kier alpha value is -2.10. The van der Waals surface area contributed by atoms with E-state index in [4.69, 9.17) is 9.84 Å². The summed E-state index contributed by atoms with van der Waals surface area (Å²) < 4.78 is 5.22. The van der Waals surface area contributed by atoms with E-state index in [-0.39, 0.29) is 11.5 Å². The third-order valence-electron chi connectivity index (χ3n) is 2.58. The minimum absolute atomic E-state index is 0.309. The van der Waals surface area contributed by atoms with E-state index in [9.17, 15) is 9.59 Å². The van der Waals surface area contributed by atoms with Gasteiger partial charge in [0, 0.05) is 11.6 Å². The molecule has 0 spiro atoms. The standard InChI is InChI=1S/C12H10O4/c1-12(8-5-3-2-4-6-8)10(13)7-9(16-12)11(14)15/h2-7H,1H3,(H,14,15)/t12-/m0/s1. The van der Waals surface area contributed by atoms with Crippen LogP contribution in [0.15, 0.2) is 42.2 Å². The molecule has 4 heteroatoms. The Morgan fingerprint density at radius 3 is 2.44 bits per heavy atom. The second-order valence-electron chi connectivity index (χ2n) is 3.68. The summed E-state index contributed by atoms with van der Waals surface area (Å²) in [4.78, 5) is 22.5. The number of carboxylic acids is 1. The van der Waals surface area contributed by atoms with E-state index in [2.05, 4.69) is 0 Å². The first kappa shape index (κ1) is 10.4. The van der Waals surface area contributed by atoms with E-state index in [1.165, 1.54) is 0 Å². The van der Waals surface area contributed by atoms with Crippen molar-refractivity contribution in [3.63, 3.8) is 0 Å². The molecule has 4 nitrogen and oxygen atoms in total. The van der Waals surface area contributed by atoms with Crippen molar-refractivity contribution in [2.24, 2.45) is 0 Å². The van der Waals surface area contributed by atoms with Crippen LogP contribution in [0.1, 0.15) is 12.5 Å². The van der Waals surface area contributed by atoms with Crippen LogP contribution in [-0.4, -0.2) is 16.9 Å². The lowest BCUT2D eigenvalue weighted by Crippen LogP contribution is -2.30. The minimum Gasteiger partial charge on any atom is -0.475 e. The van der Waals surface area contributed by atoms with Crippen LogP contribution in [0.5, 0.6) is 0 Å². The van der Waals surface area contributed by atoms with E-state index in [0.717, 1.165) is 6.08 Å². The lowest BCUT2D eigenvalue weighted by molar-refractivity contribution is -0.141. The predicted octanol–water partition coefficient (Wildman–Crippen LogP) is 1.47. The van der Waals surface area contributed by atoms with E-state index in [1.807, 2.05) is 6.07 Å². The molecule has 1 atom stereocenters. The average molecular weight is 218 g/mol. The number of ether oxygens (including phenoxy) is 1. The Morgan fingerprint density at radius 1 is 1.31 bits per heavy atom. The van der Waals surface area contributed by atoms with E-state index in [0.29, 0.717) is 5.56 Å². The maximum absolute atomic E-state index is 11.7. The molecule has 1 aromatic rings. The van der Waals surface area contributed by atoms with Gasteiger partial charge in [0.15, 0.2) is 5.60 Å². The minimum atomic E-state index is -1.23. The third kappa shape index (κ3) is 1.48. The normalized spacial score (nSPS) is 23.8. The molecule has 0 fully saturated rings. The van der Waals surface area contributed by atoms with Crippen molar-refractivity contribution in [1.29, 1.82) is 0 Å². The molecule has 82 valence electrons. The van der Waals surface area contributed by atoms with Crippen LogP contribution < -0.4 is 0 Å². The molecule has 0 bridgehead atoms. The number of hydrogen-bond donors (Lipinski definition) is 1. The summed E-state index contributed by atoms with van der Waals surface area (Å²) in [6, 6.07) is 8.83. The van der Waals surface area contributed by atoms with Gasteiger partial charge in [0.1, 0.15) is 0 Å². The number of ketones is 1. The number of benzene rings is 1. The van der Waals surface area contributed by atoms with E-state index >= 15 is 0 Å². The van der Waals surface area contributed by atoms with Gasteiger partial charge in [-0.15, -0.1) is 0 Å². The first-order valence-electron chi connectivity index (χ1n) is 4.78. The van der Waals surface area contributed by atoms with Gasteiger partial charge < -0.3 is 9.84 Å². The second kappa shape index (κ2) is 3.48. The zero-order chi connectivity index (χ0) is 11.8. The number of carbonyl (C=O) groups excluding carboxylic acids is 1. The average Bonchev–Trinajstić information content (AvgIpc) is 2.58. The van der Waals surface area contributed by atoms with E-state index in [1.54, 1.807) is 31.2 Å². The Morgan fingerprint density at radius 2 is 1.94 bits per heavy atom. The molecular formula is C12H10O4. The van der Waals surface area contributed by atoms with Gasteiger partial charge in [-0.25, -0.2) is 4.79 Å². The zero-order valence-corrected chi connectivity index (χ0v) is 8.64. The van der Waals surface area contributed by atoms with Crippen molar-refractivity contribution in [3.05, 3.63) is 47.7 Å². The van der Waals surface area contributed by atoms with Crippen molar-refractivity contribution in [1.82, 2.24) is 0 Å². The molecule has 1 heterocycles. The molecule has 0 amide bonds. The number of carboxylic acid groups (broad SMARTS) is 1. The summed E-state index contributed by atoms with van der Waals surface area (Å²) in [7, 11) is 0. The maximum Gasteiger partial charge on any atom is 0.371 e. The van der Waals surface area contributed by atoms with Crippen LogP contribution in [0.4, 0.5) is 0 Å². The Kier molecular flexibility index (Phi) is 2.27. The number of carbonyl (C=O) groups is 2. The largest absolute Gasteiger partial charge is 0.475 e. The van der Waals surface area contributed by atoms with Crippen LogP contribution in [0, 0.1) is 0 Å². The van der Waals surface area contributed by atoms with Gasteiger partial charge in [-0.3, -0.25) is 4.79 Å². The topological polar surface area (TPSA) is 63.6 Å². The molecular weight excluding hydrogens is 208 g/mol. The van der Waals surface area contributed by atoms with Gasteiger partial charge in [-0.2, -0.15) is 0 Å². The van der Waals surface area contributed by atoms with Crippen molar-refractivity contribution >= 4 is 11.8 Å². The highest BCUT2D eigenvalue weighted by atomic mass is 16.5. The van der Waals surface area contributed by atoms with Crippen molar-refractivity contribution in [2.75, 3.05) is 0 Å². The molecule has 0 aliphatic carbocycles. The third-order valence-corrected chi connectivity index (χ3v) is 2.58. The summed E-state index contributed by atoms with van der Waals surface area (Å²) in [6.45, 7) is 1.57. The first-order chi connectivity index (χ1) is 7.54. The van der Waals surface area contributed by atoms with Crippen molar-refractivity contribution in [2.45, 2.75) is 12.5 Å². The molecule has 1 aromatic carbocycles. The first-order valence-corrected chi connectivity index (χ1v) is 4.78. The molecule has 1 aliphatic heterocycles. The van der Waals surface area contributed by atoms with Crippen LogP contribution in [0.3, 0.4) is 0 Å². The van der Waals surface area contributed by atoms with Gasteiger partial charge >= 0.3 is 5.97 Å². The number of aliphatic carboxylic acids is 1. The fourth-order valence-electron chi connectivity index (χ4n) is 1.62. The Balaban J connectivity index is 2.38. The smallest absolute Gasteiger partial charge is 0.371 e. The van der Waals surface area contributed by atoms with Crippen LogP contribution in [0.2, 0.25) is 0 Å². The molecule has 2 rings (SSSR count). The van der Waals surface area contributed by atoms with Crippen molar-refractivity contribution < 1.29 is 19.4 Å². The van der Waals surface area contributed by atoms with Gasteiger partial charge in [0.2, 0.25) is 11.5 Å². The quantitative estimate of drug-likeness (QED) is 0.816. The zero-order valence-electron chi connectivity index (χ0n) is 8.64. The summed E-state index contributed by atoms with van der Waals surface area (Å²) in [5.41, 5.74) is -0.567. The predicted molar refractivity (Wildman–Crippen MR) is 55.6 cm³/mol. The number of hydrogen-bond acceptors (Lipinski definition) is 3. The summed E-state index contributed by atoms with van der Waals surface area (Å²) in [5.74, 6) is -1.89. The van der Waals surface area contributed by atoms with Crippen molar-refractivity contribution in [3.8, 4) is 0 Å². The molecule has 1 N–H and O–H groups in total. The molecule has 0 unspecified atom stereocenters. The Bertz CT molecular complexity index is 475. The monoisotopic (exact) mass is 218 g/mol. The van der Waals surface area contributed by atoms with Gasteiger partial charge in [0.25, 0.3) is 0 Å². The molecule has 0 saturated heterocycles. The lowest BCUT2D eigenvalue weighted by Gasteiger charge is -2.23.